The molecule has 0 rings (SSSR count). The number of hydrogen-bond donors (Lipinski definition) is 0. The minimum absolute atomic E-state index is 0.175. The van der Waals surface area contributed by atoms with Gasteiger partial charge >= 0.3 is 0 Å². The van der Waals surface area contributed by atoms with E-state index in [1.54, 1.807) is 0 Å². The molecule has 0 fully saturated rings. The minimum atomic E-state index is -0.360. The van der Waals surface area contributed by atoms with E-state index in [-0.39, 0.29) is 11.7 Å². The van der Waals surface area contributed by atoms with Crippen LogP contribution in [-0.4, -0.2) is 12.1 Å². The topological polar surface area (TPSA) is 34.1 Å². The highest BCUT2D eigenvalue weighted by Crippen LogP contribution is 2.16. The summed E-state index contributed by atoms with van der Waals surface area (Å²) in [4.78, 5) is 23.8. The zero-order chi connectivity index (χ0) is 26.4. The Bertz CT molecular complexity index is 558. The molecule has 208 valence electrons. The number of aldehydes is 1. The first kappa shape index (κ1) is 34.6. The SMILES string of the molecule is CCC=CCC=CCC=CCCCCCCC(C=O)C(=O)CCCCCCCCCCCCCCC. The number of allylic oxidation sites excluding steroid dienone is 6. The number of carbonyl (C=O) groups excluding carboxylic acids is 2. The maximum absolute atomic E-state index is 12.4. The summed E-state index contributed by atoms with van der Waals surface area (Å²) >= 11 is 0. The third-order valence-electron chi connectivity index (χ3n) is 7.02. The Balaban J connectivity index is 3.54. The van der Waals surface area contributed by atoms with E-state index in [4.69, 9.17) is 0 Å². The van der Waals surface area contributed by atoms with Gasteiger partial charge in [0.1, 0.15) is 12.1 Å². The van der Waals surface area contributed by atoms with Crippen molar-refractivity contribution in [2.24, 2.45) is 5.92 Å². The number of hydrogen-bond acceptors (Lipinski definition) is 2. The Morgan fingerprint density at radius 3 is 1.58 bits per heavy atom. The average Bonchev–Trinajstić information content (AvgIpc) is 2.89. The number of ketones is 1. The fourth-order valence-electron chi connectivity index (χ4n) is 4.61. The number of unbranched alkanes of at least 4 members (excludes halogenated alkanes) is 16. The van der Waals surface area contributed by atoms with Crippen LogP contribution >= 0.6 is 0 Å². The zero-order valence-corrected chi connectivity index (χ0v) is 24.2. The van der Waals surface area contributed by atoms with Crippen molar-refractivity contribution in [1.29, 1.82) is 0 Å². The van der Waals surface area contributed by atoms with Gasteiger partial charge in [-0.25, -0.2) is 0 Å². The lowest BCUT2D eigenvalue weighted by Gasteiger charge is -2.09. The minimum Gasteiger partial charge on any atom is -0.303 e. The molecule has 0 amide bonds. The molecule has 0 aromatic carbocycles. The smallest absolute Gasteiger partial charge is 0.143 e. The van der Waals surface area contributed by atoms with Crippen LogP contribution in [0.15, 0.2) is 36.5 Å². The Labute approximate surface area is 225 Å². The molecule has 0 aliphatic carbocycles. The summed E-state index contributed by atoms with van der Waals surface area (Å²) in [5.74, 6) is -0.185. The molecule has 0 radical (unpaired) electrons. The molecule has 0 aliphatic heterocycles. The monoisotopic (exact) mass is 500 g/mol. The summed E-state index contributed by atoms with van der Waals surface area (Å²) in [6, 6.07) is 0. The van der Waals surface area contributed by atoms with Crippen molar-refractivity contribution < 1.29 is 9.59 Å². The highest BCUT2D eigenvalue weighted by Gasteiger charge is 2.16. The summed E-state index contributed by atoms with van der Waals surface area (Å²) in [5.41, 5.74) is 0. The molecule has 1 unspecified atom stereocenters. The van der Waals surface area contributed by atoms with Gasteiger partial charge in [-0.05, 0) is 44.9 Å². The lowest BCUT2D eigenvalue weighted by atomic mass is 9.94. The maximum atomic E-state index is 12.4. The summed E-state index contributed by atoms with van der Waals surface area (Å²) in [7, 11) is 0. The van der Waals surface area contributed by atoms with Crippen LogP contribution in [0.1, 0.15) is 162 Å². The van der Waals surface area contributed by atoms with Crippen molar-refractivity contribution in [2.75, 3.05) is 0 Å². The summed E-state index contributed by atoms with van der Waals surface area (Å²) in [6.07, 6.45) is 41.5. The molecule has 0 aliphatic rings. The second-order valence-corrected chi connectivity index (χ2v) is 10.5. The van der Waals surface area contributed by atoms with Crippen molar-refractivity contribution in [1.82, 2.24) is 0 Å². The van der Waals surface area contributed by atoms with Gasteiger partial charge in [-0.3, -0.25) is 4.79 Å². The second kappa shape index (κ2) is 29.8. The standard InChI is InChI=1S/C34H60O2/c1-3-5-7-9-11-13-15-17-19-20-22-24-26-28-30-33(32-35)34(36)31-29-27-25-23-21-18-16-14-12-10-8-6-4-2/h5,7,11,13,17,19,32-33H,3-4,6,8-10,12,14-16,18,20-31H2,1-2H3. The molecule has 2 heteroatoms. The molecule has 0 saturated heterocycles. The van der Waals surface area contributed by atoms with Gasteiger partial charge < -0.3 is 4.79 Å². The molecule has 0 aromatic heterocycles. The molecular formula is C34H60O2. The van der Waals surface area contributed by atoms with Gasteiger partial charge in [-0.15, -0.1) is 0 Å². The predicted octanol–water partition coefficient (Wildman–Crippen LogP) is 11.1. The fourth-order valence-corrected chi connectivity index (χ4v) is 4.61. The molecule has 0 saturated carbocycles. The number of rotatable bonds is 28. The molecule has 2 nitrogen and oxygen atoms in total. The molecule has 0 N–H and O–H groups in total. The molecule has 0 heterocycles. The Morgan fingerprint density at radius 2 is 1.03 bits per heavy atom. The summed E-state index contributed by atoms with van der Waals surface area (Å²) in [6.45, 7) is 4.43. The fraction of sp³-hybridized carbons (Fsp3) is 0.765. The number of Topliss-reactive ketones (excluding diaryl/α,β-unsaturated/α-hetero) is 1. The quantitative estimate of drug-likeness (QED) is 0.0463. The van der Waals surface area contributed by atoms with Crippen molar-refractivity contribution in [3.05, 3.63) is 36.5 Å². The van der Waals surface area contributed by atoms with E-state index in [1.165, 1.54) is 83.5 Å². The van der Waals surface area contributed by atoms with Crippen LogP contribution in [0.2, 0.25) is 0 Å². The molecule has 0 bridgehead atoms. The van der Waals surface area contributed by atoms with E-state index in [0.717, 1.165) is 64.1 Å². The van der Waals surface area contributed by atoms with Crippen molar-refractivity contribution in [3.8, 4) is 0 Å². The first-order chi connectivity index (χ1) is 17.8. The van der Waals surface area contributed by atoms with Gasteiger partial charge in [-0.2, -0.15) is 0 Å². The van der Waals surface area contributed by atoms with Crippen molar-refractivity contribution >= 4 is 12.1 Å². The van der Waals surface area contributed by atoms with Crippen LogP contribution < -0.4 is 0 Å². The van der Waals surface area contributed by atoms with E-state index in [2.05, 4.69) is 50.3 Å². The van der Waals surface area contributed by atoms with Gasteiger partial charge in [0.05, 0.1) is 5.92 Å². The molecular weight excluding hydrogens is 440 g/mol. The largest absolute Gasteiger partial charge is 0.303 e. The van der Waals surface area contributed by atoms with Gasteiger partial charge in [0, 0.05) is 6.42 Å². The van der Waals surface area contributed by atoms with E-state index < -0.39 is 0 Å². The van der Waals surface area contributed by atoms with Gasteiger partial charge in [-0.1, -0.05) is 147 Å². The first-order valence-electron chi connectivity index (χ1n) is 15.7. The average molecular weight is 501 g/mol. The molecule has 36 heavy (non-hydrogen) atoms. The van der Waals surface area contributed by atoms with Crippen LogP contribution in [0.25, 0.3) is 0 Å². The maximum Gasteiger partial charge on any atom is 0.143 e. The Kier molecular flexibility index (Phi) is 28.6. The summed E-state index contributed by atoms with van der Waals surface area (Å²) < 4.78 is 0. The predicted molar refractivity (Wildman–Crippen MR) is 160 cm³/mol. The van der Waals surface area contributed by atoms with Gasteiger partial charge in [0.15, 0.2) is 0 Å². The summed E-state index contributed by atoms with van der Waals surface area (Å²) in [5, 5.41) is 0. The van der Waals surface area contributed by atoms with Crippen LogP contribution in [0.5, 0.6) is 0 Å². The third kappa shape index (κ3) is 25.6. The van der Waals surface area contributed by atoms with Crippen LogP contribution in [0.3, 0.4) is 0 Å². The third-order valence-corrected chi connectivity index (χ3v) is 7.02. The van der Waals surface area contributed by atoms with Crippen LogP contribution in [0, 0.1) is 5.92 Å². The van der Waals surface area contributed by atoms with E-state index in [9.17, 15) is 9.59 Å². The van der Waals surface area contributed by atoms with Gasteiger partial charge in [0.25, 0.3) is 0 Å². The highest BCUT2D eigenvalue weighted by atomic mass is 16.1. The zero-order valence-electron chi connectivity index (χ0n) is 24.2. The van der Waals surface area contributed by atoms with Crippen LogP contribution in [0.4, 0.5) is 0 Å². The van der Waals surface area contributed by atoms with Crippen molar-refractivity contribution in [3.63, 3.8) is 0 Å². The second-order valence-electron chi connectivity index (χ2n) is 10.5. The van der Waals surface area contributed by atoms with E-state index in [1.807, 2.05) is 0 Å². The Hall–Kier alpha value is -1.44. The Morgan fingerprint density at radius 1 is 0.556 bits per heavy atom. The van der Waals surface area contributed by atoms with E-state index >= 15 is 0 Å². The number of carbonyl (C=O) groups is 2. The van der Waals surface area contributed by atoms with Crippen molar-refractivity contribution in [2.45, 2.75) is 162 Å². The molecule has 0 spiro atoms. The normalized spacial score (nSPS) is 12.8. The molecule has 0 aromatic rings. The van der Waals surface area contributed by atoms with Gasteiger partial charge in [0.2, 0.25) is 0 Å². The first-order valence-corrected chi connectivity index (χ1v) is 15.7. The lowest BCUT2D eigenvalue weighted by molar-refractivity contribution is -0.127. The molecule has 1 atom stereocenters. The van der Waals surface area contributed by atoms with E-state index in [0.29, 0.717) is 6.42 Å². The van der Waals surface area contributed by atoms with Crippen LogP contribution in [-0.2, 0) is 9.59 Å². The highest BCUT2D eigenvalue weighted by molar-refractivity contribution is 5.93. The lowest BCUT2D eigenvalue weighted by Crippen LogP contribution is -2.15.